The molecule has 0 unspecified atom stereocenters. The fourth-order valence-corrected chi connectivity index (χ4v) is 3.48. The van der Waals surface area contributed by atoms with Crippen molar-refractivity contribution in [1.29, 1.82) is 0 Å². The third kappa shape index (κ3) is 5.28. The number of benzene rings is 2. The van der Waals surface area contributed by atoms with Gasteiger partial charge in [0.25, 0.3) is 0 Å². The van der Waals surface area contributed by atoms with Crippen LogP contribution in [0.4, 0.5) is 5.69 Å². The van der Waals surface area contributed by atoms with Gasteiger partial charge in [0.2, 0.25) is 0 Å². The Morgan fingerprint density at radius 3 is 2.56 bits per heavy atom. The van der Waals surface area contributed by atoms with Crippen molar-refractivity contribution in [2.45, 2.75) is 39.3 Å². The van der Waals surface area contributed by atoms with Crippen LogP contribution in [0.15, 0.2) is 48.5 Å². The van der Waals surface area contributed by atoms with Crippen molar-refractivity contribution < 1.29 is 0 Å². The molecule has 25 heavy (non-hydrogen) atoms. The summed E-state index contributed by atoms with van der Waals surface area (Å²) < 4.78 is 0. The summed E-state index contributed by atoms with van der Waals surface area (Å²) in [5.74, 6) is 0. The van der Waals surface area contributed by atoms with E-state index in [1.807, 2.05) is 0 Å². The second-order valence-corrected chi connectivity index (χ2v) is 7.02. The van der Waals surface area contributed by atoms with Crippen molar-refractivity contribution in [2.24, 2.45) is 0 Å². The maximum Gasteiger partial charge on any atom is 0.171 e. The Morgan fingerprint density at radius 2 is 1.80 bits per heavy atom. The normalized spacial score (nSPS) is 14.4. The van der Waals surface area contributed by atoms with E-state index in [0.717, 1.165) is 25.2 Å². The van der Waals surface area contributed by atoms with Crippen molar-refractivity contribution in [1.82, 2.24) is 10.2 Å². The van der Waals surface area contributed by atoms with Gasteiger partial charge in [0, 0.05) is 18.8 Å². The molecule has 132 valence electrons. The lowest BCUT2D eigenvalue weighted by molar-refractivity contribution is 0.330. The van der Waals surface area contributed by atoms with Crippen LogP contribution in [0.5, 0.6) is 0 Å². The Bertz CT molecular complexity index is 708. The highest BCUT2D eigenvalue weighted by Crippen LogP contribution is 2.16. The summed E-state index contributed by atoms with van der Waals surface area (Å²) in [6.07, 6.45) is 3.68. The number of aryl methyl sites for hydroxylation is 1. The average molecular weight is 354 g/mol. The molecule has 2 aromatic carbocycles. The molecule has 0 aliphatic carbocycles. The van der Waals surface area contributed by atoms with Crippen LogP contribution in [-0.4, -0.2) is 23.1 Å². The van der Waals surface area contributed by atoms with E-state index >= 15 is 0 Å². The Kier molecular flexibility index (Phi) is 6.42. The molecule has 0 saturated carbocycles. The van der Waals surface area contributed by atoms with Gasteiger partial charge in [0.05, 0.1) is 0 Å². The Morgan fingerprint density at radius 1 is 1.04 bits per heavy atom. The SMILES string of the molecule is CCc1cccc(NC(=S)NCc2ccccc2CN2CCCC2)c1. The van der Waals surface area contributed by atoms with Crippen LogP contribution in [0.3, 0.4) is 0 Å². The van der Waals surface area contributed by atoms with Gasteiger partial charge in [-0.2, -0.15) is 0 Å². The van der Waals surface area contributed by atoms with Gasteiger partial charge < -0.3 is 10.6 Å². The average Bonchev–Trinajstić information content (AvgIpc) is 3.14. The molecule has 2 aromatic rings. The fourth-order valence-electron chi connectivity index (χ4n) is 3.29. The molecule has 0 aromatic heterocycles. The zero-order valence-corrected chi connectivity index (χ0v) is 15.7. The number of nitrogens with zero attached hydrogens (tertiary/aromatic N) is 1. The molecule has 1 saturated heterocycles. The lowest BCUT2D eigenvalue weighted by Crippen LogP contribution is -2.29. The van der Waals surface area contributed by atoms with Gasteiger partial charge in [0.15, 0.2) is 5.11 Å². The van der Waals surface area contributed by atoms with Crippen LogP contribution in [0, 0.1) is 0 Å². The molecule has 2 N–H and O–H groups in total. The molecular weight excluding hydrogens is 326 g/mol. The largest absolute Gasteiger partial charge is 0.358 e. The van der Waals surface area contributed by atoms with Crippen molar-refractivity contribution in [3.05, 3.63) is 65.2 Å². The fraction of sp³-hybridized carbons (Fsp3) is 0.381. The first-order valence-corrected chi connectivity index (χ1v) is 9.58. The first kappa shape index (κ1) is 17.9. The molecule has 4 heteroatoms. The summed E-state index contributed by atoms with van der Waals surface area (Å²) in [7, 11) is 0. The molecule has 1 heterocycles. The van der Waals surface area contributed by atoms with Crippen LogP contribution < -0.4 is 10.6 Å². The van der Waals surface area contributed by atoms with Gasteiger partial charge in [-0.25, -0.2) is 0 Å². The number of thiocarbonyl (C=S) groups is 1. The van der Waals surface area contributed by atoms with E-state index in [1.54, 1.807) is 0 Å². The zero-order chi connectivity index (χ0) is 17.5. The second-order valence-electron chi connectivity index (χ2n) is 6.61. The van der Waals surface area contributed by atoms with Gasteiger partial charge in [0.1, 0.15) is 0 Å². The number of hydrogen-bond donors (Lipinski definition) is 2. The van der Waals surface area contributed by atoms with E-state index in [4.69, 9.17) is 12.2 Å². The van der Waals surface area contributed by atoms with E-state index in [1.165, 1.54) is 42.6 Å². The molecule has 1 aliphatic rings. The second kappa shape index (κ2) is 8.97. The Labute approximate surface area is 156 Å². The summed E-state index contributed by atoms with van der Waals surface area (Å²) in [6.45, 7) is 6.39. The van der Waals surface area contributed by atoms with Crippen molar-refractivity contribution in [3.63, 3.8) is 0 Å². The van der Waals surface area contributed by atoms with Crippen LogP contribution in [0.1, 0.15) is 36.5 Å². The maximum absolute atomic E-state index is 5.47. The highest BCUT2D eigenvalue weighted by Gasteiger charge is 2.13. The van der Waals surface area contributed by atoms with Crippen molar-refractivity contribution in [2.75, 3.05) is 18.4 Å². The summed E-state index contributed by atoms with van der Waals surface area (Å²) >= 11 is 5.47. The minimum Gasteiger partial charge on any atom is -0.358 e. The zero-order valence-electron chi connectivity index (χ0n) is 14.9. The molecule has 1 aliphatic heterocycles. The predicted molar refractivity (Wildman–Crippen MR) is 110 cm³/mol. The first-order valence-electron chi connectivity index (χ1n) is 9.17. The smallest absolute Gasteiger partial charge is 0.171 e. The number of nitrogens with one attached hydrogen (secondary N) is 2. The van der Waals surface area contributed by atoms with Crippen LogP contribution >= 0.6 is 12.2 Å². The molecule has 0 amide bonds. The minimum absolute atomic E-state index is 0.671. The maximum atomic E-state index is 5.47. The van der Waals surface area contributed by atoms with Gasteiger partial charge >= 0.3 is 0 Å². The molecule has 0 atom stereocenters. The highest BCUT2D eigenvalue weighted by molar-refractivity contribution is 7.80. The van der Waals surface area contributed by atoms with E-state index in [9.17, 15) is 0 Å². The van der Waals surface area contributed by atoms with Gasteiger partial charge in [-0.15, -0.1) is 0 Å². The van der Waals surface area contributed by atoms with Crippen LogP contribution in [-0.2, 0) is 19.5 Å². The number of likely N-dealkylation sites (tertiary alicyclic amines) is 1. The number of rotatable bonds is 6. The van der Waals surface area contributed by atoms with E-state index in [0.29, 0.717) is 5.11 Å². The van der Waals surface area contributed by atoms with Crippen LogP contribution in [0.25, 0.3) is 0 Å². The van der Waals surface area contributed by atoms with E-state index < -0.39 is 0 Å². The summed E-state index contributed by atoms with van der Waals surface area (Å²) in [5, 5.41) is 7.31. The Hall–Kier alpha value is -1.91. The van der Waals surface area contributed by atoms with Crippen LogP contribution in [0.2, 0.25) is 0 Å². The Balaban J connectivity index is 1.56. The predicted octanol–water partition coefficient (Wildman–Crippen LogP) is 4.33. The van der Waals surface area contributed by atoms with Gasteiger partial charge in [-0.3, -0.25) is 4.90 Å². The minimum atomic E-state index is 0.671. The topological polar surface area (TPSA) is 27.3 Å². The van der Waals surface area contributed by atoms with Gasteiger partial charge in [-0.05, 0) is 73.4 Å². The molecule has 0 spiro atoms. The van der Waals surface area contributed by atoms with E-state index in [2.05, 4.69) is 71.0 Å². The number of anilines is 1. The molecule has 3 rings (SSSR count). The quantitative estimate of drug-likeness (QED) is 0.756. The number of hydrogen-bond acceptors (Lipinski definition) is 2. The lowest BCUT2D eigenvalue weighted by atomic mass is 10.1. The van der Waals surface area contributed by atoms with E-state index in [-0.39, 0.29) is 0 Å². The van der Waals surface area contributed by atoms with Gasteiger partial charge in [-0.1, -0.05) is 43.3 Å². The third-order valence-electron chi connectivity index (χ3n) is 4.74. The van der Waals surface area contributed by atoms with Crippen molar-refractivity contribution >= 4 is 23.0 Å². The highest BCUT2D eigenvalue weighted by atomic mass is 32.1. The molecule has 3 nitrogen and oxygen atoms in total. The standard InChI is InChI=1S/C21H27N3S/c1-2-17-8-7-11-20(14-17)23-21(25)22-15-18-9-3-4-10-19(18)16-24-12-5-6-13-24/h3-4,7-11,14H,2,5-6,12-13,15-16H2,1H3,(H2,22,23,25). The lowest BCUT2D eigenvalue weighted by Gasteiger charge is -2.18. The molecule has 0 bridgehead atoms. The summed E-state index contributed by atoms with van der Waals surface area (Å²) in [4.78, 5) is 2.53. The first-order chi connectivity index (χ1) is 12.2. The molecule has 0 radical (unpaired) electrons. The van der Waals surface area contributed by atoms with Crippen molar-refractivity contribution in [3.8, 4) is 0 Å². The molecule has 1 fully saturated rings. The third-order valence-corrected chi connectivity index (χ3v) is 4.99. The monoisotopic (exact) mass is 353 g/mol. The summed E-state index contributed by atoms with van der Waals surface area (Å²) in [5.41, 5.74) is 5.07. The molecular formula is C21H27N3S. The summed E-state index contributed by atoms with van der Waals surface area (Å²) in [6, 6.07) is 17.1.